The molecule has 4 rings (SSSR count). The van der Waals surface area contributed by atoms with Crippen LogP contribution in [0.2, 0.25) is 5.02 Å². The Morgan fingerprint density at radius 1 is 0.839 bits per heavy atom. The van der Waals surface area contributed by atoms with Gasteiger partial charge in [0, 0.05) is 46.2 Å². The highest BCUT2D eigenvalue weighted by atomic mass is 35.5. The van der Waals surface area contributed by atoms with Gasteiger partial charge in [-0.2, -0.15) is 0 Å². The summed E-state index contributed by atoms with van der Waals surface area (Å²) in [5.41, 5.74) is 1.55. The molecule has 158 valence electrons. The maximum atomic E-state index is 12.8. The number of pyridine rings is 1. The minimum absolute atomic E-state index is 0.135. The summed E-state index contributed by atoms with van der Waals surface area (Å²) in [7, 11) is 0. The maximum Gasteiger partial charge on any atom is 0.255 e. The van der Waals surface area contributed by atoms with Gasteiger partial charge in [0.2, 0.25) is 0 Å². The number of carbonyl (C=O) groups is 2. The molecule has 2 atom stereocenters. The highest BCUT2D eigenvalue weighted by Gasteiger charge is 2.30. The molecule has 2 amide bonds. The summed E-state index contributed by atoms with van der Waals surface area (Å²) in [6, 6.07) is 18.3. The lowest BCUT2D eigenvalue weighted by Crippen LogP contribution is -2.48. The summed E-state index contributed by atoms with van der Waals surface area (Å²) in [5.74, 6) is -0.410. The van der Waals surface area contributed by atoms with Crippen molar-refractivity contribution >= 4 is 23.4 Å². The average molecular weight is 436 g/mol. The van der Waals surface area contributed by atoms with E-state index in [1.807, 2.05) is 0 Å². The molecule has 6 nitrogen and oxygen atoms in total. The Morgan fingerprint density at radius 2 is 1.52 bits per heavy atom. The fourth-order valence-electron chi connectivity index (χ4n) is 3.85. The molecular weight excluding hydrogens is 414 g/mol. The molecule has 0 unspecified atom stereocenters. The maximum absolute atomic E-state index is 12.8. The lowest BCUT2D eigenvalue weighted by atomic mass is 10.1. The lowest BCUT2D eigenvalue weighted by molar-refractivity contribution is 0.0892. The molecular formula is C24H22ClN3O3. The zero-order chi connectivity index (χ0) is 21.8. The van der Waals surface area contributed by atoms with Crippen LogP contribution in [0, 0.1) is 0 Å². The van der Waals surface area contributed by atoms with Crippen LogP contribution in [-0.2, 0) is 0 Å². The van der Waals surface area contributed by atoms with Gasteiger partial charge in [0.1, 0.15) is 0 Å². The molecule has 0 aliphatic heterocycles. The molecule has 1 fully saturated rings. The first-order valence-electron chi connectivity index (χ1n) is 10.2. The second-order valence-electron chi connectivity index (χ2n) is 7.56. The Hall–Kier alpha value is -3.38. The number of amides is 2. The van der Waals surface area contributed by atoms with E-state index in [1.54, 1.807) is 66.9 Å². The summed E-state index contributed by atoms with van der Waals surface area (Å²) in [6.45, 7) is 0. The fourth-order valence-corrected chi connectivity index (χ4v) is 4.04. The normalized spacial score (nSPS) is 17.8. The topological polar surface area (TPSA) is 80.2 Å². The summed E-state index contributed by atoms with van der Waals surface area (Å²) in [5, 5.41) is 6.56. The summed E-state index contributed by atoms with van der Waals surface area (Å²) < 4.78 is 1.51. The van der Waals surface area contributed by atoms with Crippen molar-refractivity contribution in [1.82, 2.24) is 15.2 Å². The van der Waals surface area contributed by atoms with Crippen molar-refractivity contribution in [3.05, 3.63) is 99.4 Å². The first kappa shape index (κ1) is 20.9. The van der Waals surface area contributed by atoms with E-state index in [1.165, 1.54) is 10.6 Å². The minimum atomic E-state index is -0.208. The first-order chi connectivity index (χ1) is 15.0. The Kier molecular flexibility index (Phi) is 6.18. The quantitative estimate of drug-likeness (QED) is 0.643. The van der Waals surface area contributed by atoms with Crippen LogP contribution in [-0.4, -0.2) is 28.5 Å². The van der Waals surface area contributed by atoms with Crippen LogP contribution in [0.25, 0.3) is 5.69 Å². The first-order valence-corrected chi connectivity index (χ1v) is 10.5. The van der Waals surface area contributed by atoms with Crippen molar-refractivity contribution in [2.24, 2.45) is 0 Å². The zero-order valence-electron chi connectivity index (χ0n) is 16.8. The molecule has 2 N–H and O–H groups in total. The molecule has 31 heavy (non-hydrogen) atoms. The molecule has 0 radical (unpaired) electrons. The van der Waals surface area contributed by atoms with Crippen molar-refractivity contribution < 1.29 is 9.59 Å². The second kappa shape index (κ2) is 9.18. The number of hydrogen-bond donors (Lipinski definition) is 2. The van der Waals surface area contributed by atoms with Gasteiger partial charge in [0.15, 0.2) is 0 Å². The van der Waals surface area contributed by atoms with Gasteiger partial charge < -0.3 is 10.6 Å². The highest BCUT2D eigenvalue weighted by Crippen LogP contribution is 2.21. The molecule has 1 saturated carbocycles. The van der Waals surface area contributed by atoms with E-state index in [4.69, 9.17) is 11.6 Å². The largest absolute Gasteiger partial charge is 0.347 e. The van der Waals surface area contributed by atoms with E-state index < -0.39 is 0 Å². The van der Waals surface area contributed by atoms with Crippen LogP contribution < -0.4 is 16.2 Å². The monoisotopic (exact) mass is 435 g/mol. The molecule has 1 aromatic heterocycles. The van der Waals surface area contributed by atoms with Gasteiger partial charge in [-0.3, -0.25) is 19.0 Å². The van der Waals surface area contributed by atoms with E-state index in [9.17, 15) is 14.4 Å². The number of hydrogen-bond acceptors (Lipinski definition) is 3. The van der Waals surface area contributed by atoms with E-state index in [0.717, 1.165) is 19.3 Å². The third-order valence-electron chi connectivity index (χ3n) is 5.47. The van der Waals surface area contributed by atoms with Crippen LogP contribution in [0.1, 0.15) is 40.0 Å². The molecule has 3 aromatic rings. The Balaban J connectivity index is 1.41. The minimum Gasteiger partial charge on any atom is -0.347 e. The predicted octanol–water partition coefficient (Wildman–Crippen LogP) is 3.57. The van der Waals surface area contributed by atoms with Crippen molar-refractivity contribution in [2.75, 3.05) is 0 Å². The van der Waals surface area contributed by atoms with Crippen molar-refractivity contribution in [3.63, 3.8) is 0 Å². The van der Waals surface area contributed by atoms with Gasteiger partial charge in [0.05, 0.1) is 0 Å². The Labute approximate surface area is 184 Å². The van der Waals surface area contributed by atoms with Crippen LogP contribution in [0.5, 0.6) is 0 Å². The number of halogens is 1. The smallest absolute Gasteiger partial charge is 0.255 e. The third-order valence-corrected chi connectivity index (χ3v) is 5.70. The molecule has 0 saturated heterocycles. The summed E-state index contributed by atoms with van der Waals surface area (Å²) in [6.07, 6.45) is 4.20. The van der Waals surface area contributed by atoms with Gasteiger partial charge in [-0.05, 0) is 67.8 Å². The SMILES string of the molecule is O=C(N[C@H]1CCC[C@H]1NC(=O)c1cccc(Cl)c1)c1ccc(-n2ccccc2=O)cc1. The average Bonchev–Trinajstić information content (AvgIpc) is 3.20. The number of nitrogens with one attached hydrogen (secondary N) is 2. The summed E-state index contributed by atoms with van der Waals surface area (Å²) in [4.78, 5) is 37.3. The number of rotatable bonds is 5. The van der Waals surface area contributed by atoms with E-state index in [-0.39, 0.29) is 29.5 Å². The molecule has 1 heterocycles. The predicted molar refractivity (Wildman–Crippen MR) is 120 cm³/mol. The highest BCUT2D eigenvalue weighted by molar-refractivity contribution is 6.30. The van der Waals surface area contributed by atoms with Crippen LogP contribution in [0.3, 0.4) is 0 Å². The molecule has 0 bridgehead atoms. The Morgan fingerprint density at radius 3 is 2.16 bits per heavy atom. The van der Waals surface area contributed by atoms with Gasteiger partial charge >= 0.3 is 0 Å². The molecule has 1 aliphatic rings. The number of benzene rings is 2. The molecule has 7 heteroatoms. The van der Waals surface area contributed by atoms with E-state index in [0.29, 0.717) is 21.8 Å². The van der Waals surface area contributed by atoms with Gasteiger partial charge in [-0.15, -0.1) is 0 Å². The Bertz CT molecular complexity index is 1160. The molecule has 1 aliphatic carbocycles. The molecule has 0 spiro atoms. The lowest BCUT2D eigenvalue weighted by Gasteiger charge is -2.22. The van der Waals surface area contributed by atoms with Crippen molar-refractivity contribution in [3.8, 4) is 5.69 Å². The second-order valence-corrected chi connectivity index (χ2v) is 7.99. The number of carbonyl (C=O) groups excluding carboxylic acids is 2. The van der Waals surface area contributed by atoms with Crippen molar-refractivity contribution in [1.29, 1.82) is 0 Å². The van der Waals surface area contributed by atoms with Gasteiger partial charge in [-0.25, -0.2) is 0 Å². The van der Waals surface area contributed by atoms with E-state index in [2.05, 4.69) is 10.6 Å². The van der Waals surface area contributed by atoms with Crippen molar-refractivity contribution in [2.45, 2.75) is 31.3 Å². The third kappa shape index (κ3) is 4.86. The standard InChI is InChI=1S/C24H22ClN3O3/c25-18-6-3-5-17(15-18)24(31)27-21-8-4-7-20(21)26-23(30)16-10-12-19(13-11-16)28-14-2-1-9-22(28)29/h1-3,5-6,9-15,20-21H,4,7-8H2,(H,26,30)(H,27,31)/t20-,21+/m0/s1. The van der Waals surface area contributed by atoms with Crippen LogP contribution in [0.15, 0.2) is 77.7 Å². The summed E-state index contributed by atoms with van der Waals surface area (Å²) >= 11 is 5.97. The van der Waals surface area contributed by atoms with Gasteiger partial charge in [-0.1, -0.05) is 23.7 Å². The number of aromatic nitrogens is 1. The fraction of sp³-hybridized carbons (Fsp3) is 0.208. The number of nitrogens with zero attached hydrogens (tertiary/aromatic N) is 1. The zero-order valence-corrected chi connectivity index (χ0v) is 17.5. The molecule has 2 aromatic carbocycles. The van der Waals surface area contributed by atoms with Crippen LogP contribution in [0.4, 0.5) is 0 Å². The van der Waals surface area contributed by atoms with Gasteiger partial charge in [0.25, 0.3) is 17.4 Å². The van der Waals surface area contributed by atoms with Crippen LogP contribution >= 0.6 is 11.6 Å². The van der Waals surface area contributed by atoms with E-state index >= 15 is 0 Å².